The topological polar surface area (TPSA) is 73.9 Å². The number of piperidine rings is 1. The first-order valence-corrected chi connectivity index (χ1v) is 8.51. The number of hydrogen-bond acceptors (Lipinski definition) is 3. The van der Waals surface area contributed by atoms with Crippen molar-refractivity contribution in [3.05, 3.63) is 48.0 Å². The monoisotopic (exact) mass is 327 g/mol. The minimum absolute atomic E-state index is 0.00281. The van der Waals surface area contributed by atoms with E-state index in [2.05, 4.69) is 34.3 Å². The second-order valence-electron chi connectivity index (χ2n) is 7.02. The molecule has 0 saturated carbocycles. The Morgan fingerprint density at radius 1 is 1.38 bits per heavy atom. The van der Waals surface area contributed by atoms with E-state index in [1.807, 2.05) is 29.4 Å². The zero-order valence-corrected chi connectivity index (χ0v) is 14.3. The van der Waals surface area contributed by atoms with Gasteiger partial charge in [0, 0.05) is 42.7 Å². The number of amides is 2. The lowest BCUT2D eigenvalue weighted by Crippen LogP contribution is -2.47. The third-order valence-corrected chi connectivity index (χ3v) is 4.81. The predicted molar refractivity (Wildman–Crippen MR) is 92.5 cm³/mol. The van der Waals surface area contributed by atoms with Crippen molar-refractivity contribution in [1.82, 2.24) is 25.4 Å². The lowest BCUT2D eigenvalue weighted by atomic mass is 9.85. The van der Waals surface area contributed by atoms with E-state index in [4.69, 9.17) is 0 Å². The van der Waals surface area contributed by atoms with Gasteiger partial charge in [-0.15, -0.1) is 0 Å². The third-order valence-electron chi connectivity index (χ3n) is 4.81. The average molecular weight is 327 g/mol. The second kappa shape index (κ2) is 7.03. The molecule has 1 atom stereocenters. The van der Waals surface area contributed by atoms with Gasteiger partial charge in [-0.1, -0.05) is 13.8 Å². The van der Waals surface area contributed by atoms with Crippen LogP contribution < -0.4 is 5.32 Å². The van der Waals surface area contributed by atoms with Crippen molar-refractivity contribution >= 4 is 6.03 Å². The molecule has 0 aliphatic carbocycles. The molecule has 128 valence electrons. The summed E-state index contributed by atoms with van der Waals surface area (Å²) in [5.41, 5.74) is 2.11. The fourth-order valence-corrected chi connectivity index (χ4v) is 3.27. The summed E-state index contributed by atoms with van der Waals surface area (Å²) >= 11 is 0. The molecule has 2 N–H and O–H groups in total. The Hall–Kier alpha value is -2.37. The number of carbonyl (C=O) groups excluding carboxylic acids is 1. The van der Waals surface area contributed by atoms with E-state index in [1.54, 1.807) is 12.4 Å². The van der Waals surface area contributed by atoms with E-state index in [0.29, 0.717) is 6.54 Å². The normalized spacial score (nSPS) is 18.4. The Bertz CT molecular complexity index is 653. The largest absolute Gasteiger partial charge is 0.337 e. The molecule has 0 radical (unpaired) electrons. The lowest BCUT2D eigenvalue weighted by molar-refractivity contribution is 0.150. The van der Waals surface area contributed by atoms with Gasteiger partial charge < -0.3 is 10.2 Å². The van der Waals surface area contributed by atoms with Crippen LogP contribution in [0.3, 0.4) is 0 Å². The van der Waals surface area contributed by atoms with Crippen LogP contribution in [-0.4, -0.2) is 39.2 Å². The number of pyridine rings is 1. The van der Waals surface area contributed by atoms with Crippen molar-refractivity contribution < 1.29 is 4.79 Å². The molecule has 1 saturated heterocycles. The molecule has 2 aromatic rings. The van der Waals surface area contributed by atoms with Crippen LogP contribution in [0.2, 0.25) is 0 Å². The molecular formula is C18H25N5O. The lowest BCUT2D eigenvalue weighted by Gasteiger charge is -2.36. The maximum Gasteiger partial charge on any atom is 0.317 e. The number of aromatic nitrogens is 3. The highest BCUT2D eigenvalue weighted by atomic mass is 16.2. The Morgan fingerprint density at radius 3 is 2.88 bits per heavy atom. The van der Waals surface area contributed by atoms with E-state index in [-0.39, 0.29) is 17.5 Å². The molecular weight excluding hydrogens is 302 g/mol. The van der Waals surface area contributed by atoms with Crippen LogP contribution in [-0.2, 0) is 5.41 Å². The summed E-state index contributed by atoms with van der Waals surface area (Å²) in [5.74, 6) is 0. The first kappa shape index (κ1) is 16.5. The van der Waals surface area contributed by atoms with Gasteiger partial charge in [-0.25, -0.2) is 4.79 Å². The summed E-state index contributed by atoms with van der Waals surface area (Å²) in [4.78, 5) is 18.8. The van der Waals surface area contributed by atoms with Gasteiger partial charge in [-0.05, 0) is 37.0 Å². The highest BCUT2D eigenvalue weighted by Gasteiger charge is 2.30. The van der Waals surface area contributed by atoms with E-state index in [0.717, 1.165) is 31.4 Å². The molecule has 24 heavy (non-hydrogen) atoms. The van der Waals surface area contributed by atoms with Crippen LogP contribution in [0.1, 0.15) is 50.3 Å². The number of nitrogens with zero attached hydrogens (tertiary/aromatic N) is 3. The molecule has 1 aliphatic heterocycles. The summed E-state index contributed by atoms with van der Waals surface area (Å²) in [7, 11) is 0. The van der Waals surface area contributed by atoms with Gasteiger partial charge in [0.05, 0.1) is 12.2 Å². The summed E-state index contributed by atoms with van der Waals surface area (Å²) in [6.07, 6.45) is 10.5. The smallest absolute Gasteiger partial charge is 0.317 e. The minimum Gasteiger partial charge on any atom is -0.337 e. The first-order chi connectivity index (χ1) is 11.6. The van der Waals surface area contributed by atoms with Crippen LogP contribution in [0.15, 0.2) is 36.9 Å². The van der Waals surface area contributed by atoms with Gasteiger partial charge in [-0.3, -0.25) is 10.1 Å². The van der Waals surface area contributed by atoms with Gasteiger partial charge in [0.15, 0.2) is 0 Å². The molecule has 0 bridgehead atoms. The molecule has 2 amide bonds. The molecule has 0 unspecified atom stereocenters. The van der Waals surface area contributed by atoms with E-state index in [1.165, 1.54) is 5.56 Å². The number of likely N-dealkylation sites (tertiary alicyclic amines) is 1. The highest BCUT2D eigenvalue weighted by Crippen LogP contribution is 2.30. The molecule has 6 nitrogen and oxygen atoms in total. The Labute approximate surface area is 142 Å². The van der Waals surface area contributed by atoms with E-state index >= 15 is 0 Å². The molecule has 1 aliphatic rings. The maximum atomic E-state index is 12.8. The second-order valence-corrected chi connectivity index (χ2v) is 7.02. The SMILES string of the molecule is CC(C)(CNC(=O)N1CCCC[C@H]1c1cn[nH]c1)c1ccncc1. The number of aromatic amines is 1. The number of rotatable bonds is 4. The molecule has 6 heteroatoms. The van der Waals surface area contributed by atoms with Crippen LogP contribution in [0.5, 0.6) is 0 Å². The van der Waals surface area contributed by atoms with Gasteiger partial charge in [0.1, 0.15) is 0 Å². The number of H-pyrrole nitrogens is 1. The Kier molecular flexibility index (Phi) is 4.83. The van der Waals surface area contributed by atoms with E-state index < -0.39 is 0 Å². The molecule has 1 fully saturated rings. The van der Waals surface area contributed by atoms with Crippen molar-refractivity contribution in [2.45, 2.75) is 44.6 Å². The van der Waals surface area contributed by atoms with Gasteiger partial charge in [0.25, 0.3) is 0 Å². The quantitative estimate of drug-likeness (QED) is 0.906. The predicted octanol–water partition coefficient (Wildman–Crippen LogP) is 3.02. The molecule has 3 rings (SSSR count). The van der Waals surface area contributed by atoms with Crippen LogP contribution in [0.25, 0.3) is 0 Å². The molecule has 0 aromatic carbocycles. The Morgan fingerprint density at radius 2 is 2.17 bits per heavy atom. The maximum absolute atomic E-state index is 12.8. The molecule has 0 spiro atoms. The molecule has 2 aromatic heterocycles. The van der Waals surface area contributed by atoms with Crippen LogP contribution in [0.4, 0.5) is 4.79 Å². The number of hydrogen-bond donors (Lipinski definition) is 2. The summed E-state index contributed by atoms with van der Waals surface area (Å²) < 4.78 is 0. The van der Waals surface area contributed by atoms with Crippen LogP contribution in [0, 0.1) is 0 Å². The summed E-state index contributed by atoms with van der Waals surface area (Å²) in [6, 6.07) is 4.12. The van der Waals surface area contributed by atoms with Crippen molar-refractivity contribution in [2.24, 2.45) is 0 Å². The van der Waals surface area contributed by atoms with Crippen LogP contribution >= 0.6 is 0 Å². The average Bonchev–Trinajstić information content (AvgIpc) is 3.15. The fourth-order valence-electron chi connectivity index (χ4n) is 3.27. The van der Waals surface area contributed by atoms with Crippen molar-refractivity contribution in [3.8, 4) is 0 Å². The summed E-state index contributed by atoms with van der Waals surface area (Å²) in [5, 5.41) is 10.00. The standard InChI is InChI=1S/C18H25N5O/c1-18(2,15-6-8-19-9-7-15)13-20-17(24)23-10-4-3-5-16(23)14-11-21-22-12-14/h6-9,11-12,16H,3-5,10,13H2,1-2H3,(H,20,24)(H,21,22)/t16-/m0/s1. The van der Waals surface area contributed by atoms with Crippen molar-refractivity contribution in [3.63, 3.8) is 0 Å². The molecule has 3 heterocycles. The van der Waals surface area contributed by atoms with Crippen molar-refractivity contribution in [2.75, 3.05) is 13.1 Å². The minimum atomic E-state index is -0.139. The zero-order valence-electron chi connectivity index (χ0n) is 14.3. The fraction of sp³-hybridized carbons (Fsp3) is 0.500. The summed E-state index contributed by atoms with van der Waals surface area (Å²) in [6.45, 7) is 5.64. The van der Waals surface area contributed by atoms with E-state index in [9.17, 15) is 4.79 Å². The number of carbonyl (C=O) groups is 1. The number of nitrogens with one attached hydrogen (secondary N) is 2. The Balaban J connectivity index is 1.65. The van der Waals surface area contributed by atoms with Gasteiger partial charge >= 0.3 is 6.03 Å². The van der Waals surface area contributed by atoms with Crippen molar-refractivity contribution in [1.29, 1.82) is 0 Å². The van der Waals surface area contributed by atoms with Gasteiger partial charge in [0.2, 0.25) is 0 Å². The van der Waals surface area contributed by atoms with Gasteiger partial charge in [-0.2, -0.15) is 5.10 Å². The third kappa shape index (κ3) is 3.58. The zero-order chi connectivity index (χ0) is 17.0. The highest BCUT2D eigenvalue weighted by molar-refractivity contribution is 5.75. The number of urea groups is 1. The first-order valence-electron chi connectivity index (χ1n) is 8.51.